The largest absolute Gasteiger partial charge is 0.493 e. The monoisotopic (exact) mass is 397 g/mol. The number of aryl methyl sites for hydroxylation is 1. The maximum absolute atomic E-state index is 13.4. The van der Waals surface area contributed by atoms with E-state index in [-0.39, 0.29) is 11.4 Å². The van der Waals surface area contributed by atoms with Crippen LogP contribution in [0.25, 0.3) is 0 Å². The molecule has 0 atom stereocenters. The minimum Gasteiger partial charge on any atom is -0.493 e. The number of anilines is 1. The minimum atomic E-state index is -3.77. The molecule has 0 radical (unpaired) electrons. The van der Waals surface area contributed by atoms with Gasteiger partial charge in [0.1, 0.15) is 0 Å². The molecule has 0 saturated heterocycles. The van der Waals surface area contributed by atoms with Gasteiger partial charge in [-0.15, -0.1) is 0 Å². The van der Waals surface area contributed by atoms with E-state index in [2.05, 4.69) is 0 Å². The zero-order chi connectivity index (χ0) is 20.1. The van der Waals surface area contributed by atoms with Crippen molar-refractivity contribution in [2.24, 2.45) is 0 Å². The van der Waals surface area contributed by atoms with Crippen LogP contribution in [0.2, 0.25) is 0 Å². The highest BCUT2D eigenvalue weighted by atomic mass is 32.2. The number of nitrogens with zero attached hydrogens (tertiary/aromatic N) is 1. The van der Waals surface area contributed by atoms with Crippen LogP contribution in [0.5, 0.6) is 11.5 Å². The van der Waals surface area contributed by atoms with Crippen molar-refractivity contribution in [3.63, 3.8) is 0 Å². The Bertz CT molecular complexity index is 1030. The molecule has 5 nitrogen and oxygen atoms in total. The van der Waals surface area contributed by atoms with Crippen LogP contribution in [0.3, 0.4) is 0 Å². The number of hydrogen-bond acceptors (Lipinski definition) is 4. The summed E-state index contributed by atoms with van der Waals surface area (Å²) in [4.78, 5) is 0.233. The molecular formula is C22H23NO4S. The third-order valence-corrected chi connectivity index (χ3v) is 6.22. The van der Waals surface area contributed by atoms with Gasteiger partial charge < -0.3 is 9.47 Å². The standard InChI is InChI=1S/C22H23NO4S/c1-17-9-11-18(12-10-17)16-23(28(24,25)20-7-5-4-6-8-20)19-13-14-21(26-2)22(15-19)27-3/h4-15H,16H2,1-3H3. The van der Waals surface area contributed by atoms with Gasteiger partial charge >= 0.3 is 0 Å². The molecule has 146 valence electrons. The Morgan fingerprint density at radius 2 is 1.46 bits per heavy atom. The first kappa shape index (κ1) is 19.8. The van der Waals surface area contributed by atoms with Gasteiger partial charge in [-0.05, 0) is 36.8 Å². The van der Waals surface area contributed by atoms with E-state index in [9.17, 15) is 8.42 Å². The number of sulfonamides is 1. The van der Waals surface area contributed by atoms with E-state index in [1.54, 1.807) is 55.6 Å². The highest BCUT2D eigenvalue weighted by Gasteiger charge is 2.26. The van der Waals surface area contributed by atoms with E-state index in [0.717, 1.165) is 11.1 Å². The van der Waals surface area contributed by atoms with Crippen LogP contribution in [0, 0.1) is 6.92 Å². The fraction of sp³-hybridized carbons (Fsp3) is 0.182. The van der Waals surface area contributed by atoms with Gasteiger partial charge in [-0.3, -0.25) is 4.31 Å². The Morgan fingerprint density at radius 3 is 2.07 bits per heavy atom. The Hall–Kier alpha value is -2.99. The van der Waals surface area contributed by atoms with Crippen LogP contribution in [0.4, 0.5) is 5.69 Å². The summed E-state index contributed by atoms with van der Waals surface area (Å²) in [7, 11) is -0.701. The van der Waals surface area contributed by atoms with Crippen LogP contribution in [0.15, 0.2) is 77.7 Å². The Morgan fingerprint density at radius 1 is 0.821 bits per heavy atom. The van der Waals surface area contributed by atoms with Gasteiger partial charge in [-0.1, -0.05) is 48.0 Å². The van der Waals surface area contributed by atoms with Crippen LogP contribution in [-0.2, 0) is 16.6 Å². The van der Waals surface area contributed by atoms with Crippen LogP contribution in [-0.4, -0.2) is 22.6 Å². The molecule has 0 aliphatic carbocycles. The van der Waals surface area contributed by atoms with E-state index >= 15 is 0 Å². The van der Waals surface area contributed by atoms with Crippen molar-refractivity contribution in [2.75, 3.05) is 18.5 Å². The molecule has 0 saturated carbocycles. The number of hydrogen-bond donors (Lipinski definition) is 0. The number of methoxy groups -OCH3 is 2. The van der Waals surface area contributed by atoms with Gasteiger partial charge in [0.05, 0.1) is 31.3 Å². The summed E-state index contributed by atoms with van der Waals surface area (Å²) in [6.07, 6.45) is 0. The Balaban J connectivity index is 2.10. The van der Waals surface area contributed by atoms with Crippen LogP contribution in [0.1, 0.15) is 11.1 Å². The fourth-order valence-electron chi connectivity index (χ4n) is 2.87. The summed E-state index contributed by atoms with van der Waals surface area (Å²) in [6, 6.07) is 21.3. The summed E-state index contributed by atoms with van der Waals surface area (Å²) in [6.45, 7) is 2.20. The Labute approximate surface area is 166 Å². The maximum Gasteiger partial charge on any atom is 0.264 e. The fourth-order valence-corrected chi connectivity index (χ4v) is 4.34. The molecule has 0 aliphatic rings. The van der Waals surface area contributed by atoms with E-state index in [1.165, 1.54) is 11.4 Å². The summed E-state index contributed by atoms with van der Waals surface area (Å²) < 4.78 is 38.9. The lowest BCUT2D eigenvalue weighted by atomic mass is 10.1. The van der Waals surface area contributed by atoms with E-state index in [1.807, 2.05) is 31.2 Å². The predicted molar refractivity (Wildman–Crippen MR) is 111 cm³/mol. The highest BCUT2D eigenvalue weighted by molar-refractivity contribution is 7.92. The number of rotatable bonds is 7. The second kappa shape index (κ2) is 8.35. The predicted octanol–water partition coefficient (Wildman–Crippen LogP) is 4.41. The number of ether oxygens (including phenoxy) is 2. The molecule has 3 rings (SSSR count). The van der Waals surface area contributed by atoms with Crippen molar-refractivity contribution in [1.82, 2.24) is 0 Å². The van der Waals surface area contributed by atoms with Crippen LogP contribution < -0.4 is 13.8 Å². The molecule has 0 N–H and O–H groups in total. The molecule has 0 bridgehead atoms. The van der Waals surface area contributed by atoms with E-state index in [4.69, 9.17) is 9.47 Å². The summed E-state index contributed by atoms with van der Waals surface area (Å²) in [5.41, 5.74) is 2.51. The van der Waals surface area contributed by atoms with Gasteiger partial charge in [0, 0.05) is 6.07 Å². The lowest BCUT2D eigenvalue weighted by molar-refractivity contribution is 0.355. The maximum atomic E-state index is 13.4. The van der Waals surface area contributed by atoms with Gasteiger partial charge in [0.2, 0.25) is 0 Å². The summed E-state index contributed by atoms with van der Waals surface area (Å²) in [5.74, 6) is 1.01. The average molecular weight is 397 g/mol. The summed E-state index contributed by atoms with van der Waals surface area (Å²) >= 11 is 0. The van der Waals surface area contributed by atoms with Crippen molar-refractivity contribution in [2.45, 2.75) is 18.4 Å². The van der Waals surface area contributed by atoms with E-state index in [0.29, 0.717) is 17.2 Å². The van der Waals surface area contributed by atoms with Gasteiger partial charge in [-0.2, -0.15) is 0 Å². The van der Waals surface area contributed by atoms with Crippen LogP contribution >= 0.6 is 0 Å². The molecule has 0 aliphatic heterocycles. The number of benzene rings is 3. The zero-order valence-electron chi connectivity index (χ0n) is 16.1. The van der Waals surface area contributed by atoms with Crippen molar-refractivity contribution in [3.8, 4) is 11.5 Å². The van der Waals surface area contributed by atoms with Crippen molar-refractivity contribution in [3.05, 3.63) is 83.9 Å². The first-order valence-corrected chi connectivity index (χ1v) is 10.2. The topological polar surface area (TPSA) is 55.8 Å². The third kappa shape index (κ3) is 4.12. The van der Waals surface area contributed by atoms with Gasteiger partial charge in [-0.25, -0.2) is 8.42 Å². The molecule has 0 heterocycles. The SMILES string of the molecule is COc1ccc(N(Cc2ccc(C)cc2)S(=O)(=O)c2ccccc2)cc1OC. The molecule has 0 amide bonds. The van der Waals surface area contributed by atoms with Gasteiger partial charge in [0.25, 0.3) is 10.0 Å². The summed E-state index contributed by atoms with van der Waals surface area (Å²) in [5, 5.41) is 0. The highest BCUT2D eigenvalue weighted by Crippen LogP contribution is 2.34. The molecule has 0 fully saturated rings. The average Bonchev–Trinajstić information content (AvgIpc) is 2.73. The normalized spacial score (nSPS) is 11.1. The second-order valence-corrected chi connectivity index (χ2v) is 8.21. The lowest BCUT2D eigenvalue weighted by Crippen LogP contribution is -2.30. The quantitative estimate of drug-likeness (QED) is 0.593. The molecule has 28 heavy (non-hydrogen) atoms. The van der Waals surface area contributed by atoms with Crippen molar-refractivity contribution < 1.29 is 17.9 Å². The van der Waals surface area contributed by atoms with Gasteiger partial charge in [0.15, 0.2) is 11.5 Å². The molecule has 3 aromatic rings. The third-order valence-electron chi connectivity index (χ3n) is 4.43. The molecule has 0 unspecified atom stereocenters. The molecule has 0 spiro atoms. The first-order chi connectivity index (χ1) is 13.5. The molecule has 3 aromatic carbocycles. The molecule has 0 aromatic heterocycles. The molecular weight excluding hydrogens is 374 g/mol. The zero-order valence-corrected chi connectivity index (χ0v) is 16.9. The molecule has 6 heteroatoms. The second-order valence-electron chi connectivity index (χ2n) is 6.35. The first-order valence-electron chi connectivity index (χ1n) is 8.81. The smallest absolute Gasteiger partial charge is 0.264 e. The Kier molecular flexibility index (Phi) is 5.90. The van der Waals surface area contributed by atoms with Crippen molar-refractivity contribution >= 4 is 15.7 Å². The minimum absolute atomic E-state index is 0.201. The lowest BCUT2D eigenvalue weighted by Gasteiger charge is -2.25. The van der Waals surface area contributed by atoms with E-state index < -0.39 is 10.0 Å². The van der Waals surface area contributed by atoms with Crippen molar-refractivity contribution in [1.29, 1.82) is 0 Å².